The van der Waals surface area contributed by atoms with Crippen molar-refractivity contribution in [3.8, 4) is 0 Å². The van der Waals surface area contributed by atoms with Gasteiger partial charge in [-0.05, 0) is 45.2 Å². The highest BCUT2D eigenvalue weighted by atomic mass is 16.1. The second kappa shape index (κ2) is 4.53. The number of aryl methyl sites for hydroxylation is 1. The number of nitrogens with one attached hydrogen (secondary N) is 2. The van der Waals surface area contributed by atoms with Crippen molar-refractivity contribution in [1.29, 1.82) is 0 Å². The van der Waals surface area contributed by atoms with Gasteiger partial charge in [0.15, 0.2) is 0 Å². The largest absolute Gasteiger partial charge is 0.316 e. The van der Waals surface area contributed by atoms with Crippen LogP contribution in [0.4, 0.5) is 0 Å². The first-order valence-corrected chi connectivity index (χ1v) is 6.38. The number of fused-ring (bicyclic) bond motifs is 1. The van der Waals surface area contributed by atoms with E-state index in [2.05, 4.69) is 20.4 Å². The molecule has 2 N–H and O–H groups in total. The van der Waals surface area contributed by atoms with Crippen molar-refractivity contribution >= 4 is 5.78 Å². The number of hydrogen-bond acceptors (Lipinski definition) is 4. The summed E-state index contributed by atoms with van der Waals surface area (Å²) >= 11 is 0. The molecule has 6 nitrogen and oxygen atoms in total. The Morgan fingerprint density at radius 1 is 1.50 bits per heavy atom. The van der Waals surface area contributed by atoms with Crippen LogP contribution in [0.2, 0.25) is 0 Å². The van der Waals surface area contributed by atoms with Crippen LogP contribution in [0.25, 0.3) is 5.78 Å². The number of nitrogens with zero attached hydrogens (tertiary/aromatic N) is 3. The molecule has 1 fully saturated rings. The first-order valence-electron chi connectivity index (χ1n) is 6.38. The maximum atomic E-state index is 11.9. The molecular formula is C12H17N5O. The molecule has 0 radical (unpaired) electrons. The molecule has 0 aromatic carbocycles. The summed E-state index contributed by atoms with van der Waals surface area (Å²) in [7, 11) is 0. The van der Waals surface area contributed by atoms with Crippen molar-refractivity contribution in [1.82, 2.24) is 24.9 Å². The molecule has 1 aliphatic rings. The van der Waals surface area contributed by atoms with Crippen LogP contribution in [0.1, 0.15) is 24.4 Å². The Kier molecular flexibility index (Phi) is 2.87. The van der Waals surface area contributed by atoms with Crippen molar-refractivity contribution in [2.24, 2.45) is 5.92 Å². The van der Waals surface area contributed by atoms with Crippen LogP contribution in [-0.4, -0.2) is 32.7 Å². The fraction of sp³-hybridized carbons (Fsp3) is 0.583. The molecular weight excluding hydrogens is 230 g/mol. The summed E-state index contributed by atoms with van der Waals surface area (Å²) in [6, 6.07) is 1.61. The van der Waals surface area contributed by atoms with Crippen LogP contribution in [0.15, 0.2) is 10.9 Å². The second-order valence-electron chi connectivity index (χ2n) is 4.95. The predicted octanol–water partition coefficient (Wildman–Crippen LogP) is 0.268. The summed E-state index contributed by atoms with van der Waals surface area (Å²) in [6.45, 7) is 3.93. The Morgan fingerprint density at radius 2 is 2.39 bits per heavy atom. The third-order valence-corrected chi connectivity index (χ3v) is 3.39. The standard InChI is InChI=1S/C12H17N5O/c1-8-14-12-15-10(6-11(18)17(12)16-8)5-9-3-2-4-13-7-9/h6,9,13H,2-5,7H2,1H3,(H,14,15,16). The van der Waals surface area contributed by atoms with E-state index in [1.54, 1.807) is 6.07 Å². The van der Waals surface area contributed by atoms with E-state index in [0.29, 0.717) is 17.5 Å². The molecule has 0 amide bonds. The first-order chi connectivity index (χ1) is 8.72. The quantitative estimate of drug-likeness (QED) is 0.798. The van der Waals surface area contributed by atoms with Crippen LogP contribution < -0.4 is 10.9 Å². The Hall–Kier alpha value is -1.69. The number of aromatic amines is 1. The number of piperidine rings is 1. The lowest BCUT2D eigenvalue weighted by Gasteiger charge is -2.22. The van der Waals surface area contributed by atoms with Crippen LogP contribution in [-0.2, 0) is 6.42 Å². The van der Waals surface area contributed by atoms with E-state index in [1.165, 1.54) is 17.4 Å². The summed E-state index contributed by atoms with van der Waals surface area (Å²) in [5, 5.41) is 6.25. The molecule has 1 atom stereocenters. The molecule has 1 aliphatic heterocycles. The highest BCUT2D eigenvalue weighted by Crippen LogP contribution is 2.14. The Morgan fingerprint density at radius 3 is 3.17 bits per heavy atom. The van der Waals surface area contributed by atoms with Crippen molar-refractivity contribution < 1.29 is 0 Å². The van der Waals surface area contributed by atoms with Crippen LogP contribution in [0.5, 0.6) is 0 Å². The van der Waals surface area contributed by atoms with Gasteiger partial charge in [-0.15, -0.1) is 0 Å². The third-order valence-electron chi connectivity index (χ3n) is 3.39. The molecule has 2 aromatic heterocycles. The minimum absolute atomic E-state index is 0.0839. The molecule has 0 saturated carbocycles. The van der Waals surface area contributed by atoms with E-state index >= 15 is 0 Å². The maximum Gasteiger partial charge on any atom is 0.274 e. The summed E-state index contributed by atoms with van der Waals surface area (Å²) in [4.78, 5) is 20.5. The van der Waals surface area contributed by atoms with Gasteiger partial charge in [-0.25, -0.2) is 4.98 Å². The number of hydrogen-bond donors (Lipinski definition) is 2. The van der Waals surface area contributed by atoms with Crippen LogP contribution >= 0.6 is 0 Å². The van der Waals surface area contributed by atoms with E-state index in [9.17, 15) is 4.79 Å². The molecule has 0 aliphatic carbocycles. The third kappa shape index (κ3) is 2.15. The SMILES string of the molecule is Cc1nc2nc(CC3CCCNC3)cc(=O)n2[nH]1. The van der Waals surface area contributed by atoms with Gasteiger partial charge in [0.1, 0.15) is 5.82 Å². The van der Waals surface area contributed by atoms with Crippen LogP contribution in [0.3, 0.4) is 0 Å². The van der Waals surface area contributed by atoms with E-state index in [1.807, 2.05) is 6.92 Å². The highest BCUT2D eigenvalue weighted by molar-refractivity contribution is 5.27. The number of H-pyrrole nitrogens is 1. The zero-order chi connectivity index (χ0) is 12.5. The fourth-order valence-electron chi connectivity index (χ4n) is 2.53. The van der Waals surface area contributed by atoms with E-state index in [4.69, 9.17) is 0 Å². The molecule has 2 aromatic rings. The topological polar surface area (TPSA) is 75.1 Å². The van der Waals surface area contributed by atoms with Gasteiger partial charge >= 0.3 is 0 Å². The van der Waals surface area contributed by atoms with Crippen molar-refractivity contribution in [2.45, 2.75) is 26.2 Å². The minimum Gasteiger partial charge on any atom is -0.316 e. The Balaban J connectivity index is 1.89. The van der Waals surface area contributed by atoms with Crippen molar-refractivity contribution in [3.05, 3.63) is 27.9 Å². The van der Waals surface area contributed by atoms with E-state index in [0.717, 1.165) is 25.2 Å². The van der Waals surface area contributed by atoms with Gasteiger partial charge in [0.2, 0.25) is 0 Å². The van der Waals surface area contributed by atoms with Gasteiger partial charge in [-0.1, -0.05) is 0 Å². The molecule has 3 heterocycles. The molecule has 6 heteroatoms. The van der Waals surface area contributed by atoms with Crippen molar-refractivity contribution in [3.63, 3.8) is 0 Å². The fourth-order valence-corrected chi connectivity index (χ4v) is 2.53. The van der Waals surface area contributed by atoms with Gasteiger partial charge in [0.05, 0.1) is 5.69 Å². The summed E-state index contributed by atoms with van der Waals surface area (Å²) in [5.74, 6) is 1.75. The predicted molar refractivity (Wildman–Crippen MR) is 67.6 cm³/mol. The normalized spacial score (nSPS) is 20.4. The first kappa shape index (κ1) is 11.4. The zero-order valence-electron chi connectivity index (χ0n) is 10.4. The highest BCUT2D eigenvalue weighted by Gasteiger charge is 2.15. The van der Waals surface area contributed by atoms with Gasteiger partial charge in [-0.2, -0.15) is 9.50 Å². The lowest BCUT2D eigenvalue weighted by atomic mass is 9.95. The monoisotopic (exact) mass is 247 g/mol. The molecule has 3 rings (SSSR count). The molecule has 18 heavy (non-hydrogen) atoms. The molecule has 1 unspecified atom stereocenters. The number of rotatable bonds is 2. The summed E-state index contributed by atoms with van der Waals surface area (Å²) in [5.41, 5.74) is 0.763. The molecule has 0 bridgehead atoms. The average Bonchev–Trinajstić information content (AvgIpc) is 2.72. The Bertz CT molecular complexity index is 608. The average molecular weight is 247 g/mol. The lowest BCUT2D eigenvalue weighted by Crippen LogP contribution is -2.31. The van der Waals surface area contributed by atoms with Crippen molar-refractivity contribution in [2.75, 3.05) is 13.1 Å². The van der Waals surface area contributed by atoms with Gasteiger partial charge in [-0.3, -0.25) is 9.89 Å². The van der Waals surface area contributed by atoms with E-state index < -0.39 is 0 Å². The maximum absolute atomic E-state index is 11.9. The summed E-state index contributed by atoms with van der Waals surface area (Å²) < 4.78 is 1.39. The molecule has 96 valence electrons. The molecule has 0 spiro atoms. The van der Waals surface area contributed by atoms with E-state index in [-0.39, 0.29) is 5.56 Å². The van der Waals surface area contributed by atoms with Gasteiger partial charge in [0, 0.05) is 6.07 Å². The number of aromatic nitrogens is 4. The molecule has 1 saturated heterocycles. The summed E-state index contributed by atoms with van der Waals surface area (Å²) in [6.07, 6.45) is 3.26. The lowest BCUT2D eigenvalue weighted by molar-refractivity contribution is 0.373. The zero-order valence-corrected chi connectivity index (χ0v) is 10.4. The smallest absolute Gasteiger partial charge is 0.274 e. The second-order valence-corrected chi connectivity index (χ2v) is 4.95. The Labute approximate surface area is 104 Å². The van der Waals surface area contributed by atoms with Crippen LogP contribution in [0, 0.1) is 12.8 Å². The van der Waals surface area contributed by atoms with Gasteiger partial charge in [0.25, 0.3) is 11.3 Å². The minimum atomic E-state index is -0.0839. The van der Waals surface area contributed by atoms with Gasteiger partial charge < -0.3 is 5.32 Å².